The Hall–Kier alpha value is -3.45. The highest BCUT2D eigenvalue weighted by Crippen LogP contribution is 2.33. The Morgan fingerprint density at radius 2 is 1.85 bits per heavy atom. The predicted octanol–water partition coefficient (Wildman–Crippen LogP) is 6.03. The minimum atomic E-state index is -0.567. The molecular formula is C32H39N3O4. The number of hydrogen-bond donors (Lipinski definition) is 0. The molecule has 7 nitrogen and oxygen atoms in total. The van der Waals surface area contributed by atoms with Crippen molar-refractivity contribution in [2.75, 3.05) is 19.8 Å². The molecule has 39 heavy (non-hydrogen) atoms. The fourth-order valence-electron chi connectivity index (χ4n) is 5.59. The molecule has 2 aromatic carbocycles. The highest BCUT2D eigenvalue weighted by molar-refractivity contribution is 5.95. The molecule has 2 aliphatic heterocycles. The molecule has 0 N–H and O–H groups in total. The maximum absolute atomic E-state index is 13.3. The van der Waals surface area contributed by atoms with Gasteiger partial charge in [0.15, 0.2) is 0 Å². The lowest BCUT2D eigenvalue weighted by Gasteiger charge is -2.35. The average Bonchev–Trinajstić information content (AvgIpc) is 2.90. The zero-order chi connectivity index (χ0) is 27.7. The number of nitrogens with zero attached hydrogens (tertiary/aromatic N) is 3. The lowest BCUT2D eigenvalue weighted by Crippen LogP contribution is -2.45. The first-order chi connectivity index (χ1) is 18.6. The summed E-state index contributed by atoms with van der Waals surface area (Å²) in [4.78, 5) is 33.9. The van der Waals surface area contributed by atoms with Crippen LogP contribution in [0.2, 0.25) is 0 Å². The molecule has 0 saturated carbocycles. The first-order valence-electron chi connectivity index (χ1n) is 13.9. The van der Waals surface area contributed by atoms with Crippen LogP contribution in [0.5, 0.6) is 0 Å². The van der Waals surface area contributed by atoms with Crippen molar-refractivity contribution in [2.24, 2.45) is 0 Å². The van der Waals surface area contributed by atoms with E-state index in [-0.39, 0.29) is 18.0 Å². The molecule has 1 fully saturated rings. The van der Waals surface area contributed by atoms with Crippen LogP contribution in [0.25, 0.3) is 22.0 Å². The summed E-state index contributed by atoms with van der Waals surface area (Å²) in [6.45, 7) is 12.5. The van der Waals surface area contributed by atoms with Crippen molar-refractivity contribution < 1.29 is 19.1 Å². The molecule has 1 aromatic heterocycles. The van der Waals surface area contributed by atoms with Crippen molar-refractivity contribution in [3.8, 4) is 11.1 Å². The van der Waals surface area contributed by atoms with Crippen LogP contribution >= 0.6 is 0 Å². The quantitative estimate of drug-likeness (QED) is 0.413. The molecule has 0 bridgehead atoms. The zero-order valence-corrected chi connectivity index (χ0v) is 23.8. The molecule has 206 valence electrons. The van der Waals surface area contributed by atoms with Crippen LogP contribution in [-0.2, 0) is 33.8 Å². The Morgan fingerprint density at radius 3 is 2.56 bits per heavy atom. The van der Waals surface area contributed by atoms with Gasteiger partial charge in [-0.25, -0.2) is 4.79 Å². The third-order valence-corrected chi connectivity index (χ3v) is 7.59. The molecule has 3 aromatic rings. The van der Waals surface area contributed by atoms with E-state index in [1.54, 1.807) is 6.92 Å². The highest BCUT2D eigenvalue weighted by Gasteiger charge is 2.30. The van der Waals surface area contributed by atoms with Crippen LogP contribution < -0.4 is 0 Å². The first kappa shape index (κ1) is 27.1. The van der Waals surface area contributed by atoms with Gasteiger partial charge in [0, 0.05) is 56.9 Å². The summed E-state index contributed by atoms with van der Waals surface area (Å²) >= 11 is 0. The fourth-order valence-corrected chi connectivity index (χ4v) is 5.59. The van der Waals surface area contributed by atoms with Crippen molar-refractivity contribution in [3.63, 3.8) is 0 Å². The third kappa shape index (κ3) is 6.25. The molecule has 3 heterocycles. The average molecular weight is 530 g/mol. The van der Waals surface area contributed by atoms with Crippen LogP contribution in [0.4, 0.5) is 4.79 Å². The Bertz CT molecular complexity index is 1390. The van der Waals surface area contributed by atoms with Gasteiger partial charge in [-0.05, 0) is 99.0 Å². The van der Waals surface area contributed by atoms with E-state index in [0.717, 1.165) is 59.1 Å². The first-order valence-corrected chi connectivity index (χ1v) is 13.9. The standard InChI is InChI=1S/C32H39N3O4/c1-21-16-28(25-8-7-24-10-13-34(22(2)36)20-26(24)18-25)29-17-23(6-9-30(29)33-21)19-35(27-11-14-38-15-12-27)31(37)39-32(3,4)5/h6-9,16-18,27H,10-15,19-20H2,1-5H3. The number of pyridine rings is 1. The van der Waals surface area contributed by atoms with E-state index in [2.05, 4.69) is 36.4 Å². The van der Waals surface area contributed by atoms with E-state index in [4.69, 9.17) is 14.5 Å². The summed E-state index contributed by atoms with van der Waals surface area (Å²) in [5, 5.41) is 1.05. The molecule has 1 saturated heterocycles. The van der Waals surface area contributed by atoms with Crippen molar-refractivity contribution in [3.05, 3.63) is 64.8 Å². The van der Waals surface area contributed by atoms with Gasteiger partial charge in [-0.1, -0.05) is 18.2 Å². The van der Waals surface area contributed by atoms with Gasteiger partial charge < -0.3 is 19.3 Å². The summed E-state index contributed by atoms with van der Waals surface area (Å²) in [7, 11) is 0. The number of aromatic nitrogens is 1. The Kier molecular flexibility index (Phi) is 7.63. The van der Waals surface area contributed by atoms with Crippen molar-refractivity contribution >= 4 is 22.9 Å². The Balaban J connectivity index is 1.51. The number of ether oxygens (including phenoxy) is 2. The number of benzene rings is 2. The number of rotatable bonds is 4. The number of aryl methyl sites for hydroxylation is 1. The molecule has 0 atom stereocenters. The second kappa shape index (κ2) is 11.0. The highest BCUT2D eigenvalue weighted by atomic mass is 16.6. The Labute approximate surface area is 231 Å². The van der Waals surface area contributed by atoms with Crippen molar-refractivity contribution in [1.82, 2.24) is 14.8 Å². The van der Waals surface area contributed by atoms with E-state index in [1.807, 2.05) is 43.6 Å². The molecular weight excluding hydrogens is 490 g/mol. The normalized spacial score (nSPS) is 16.2. The molecule has 0 spiro atoms. The lowest BCUT2D eigenvalue weighted by molar-refractivity contribution is -0.129. The summed E-state index contributed by atoms with van der Waals surface area (Å²) in [6.07, 6.45) is 2.18. The maximum Gasteiger partial charge on any atom is 0.410 e. The number of fused-ring (bicyclic) bond motifs is 2. The van der Waals surface area contributed by atoms with Gasteiger partial charge in [-0.15, -0.1) is 0 Å². The number of amides is 2. The van der Waals surface area contributed by atoms with E-state index < -0.39 is 5.60 Å². The molecule has 0 radical (unpaired) electrons. The summed E-state index contributed by atoms with van der Waals surface area (Å²) in [6, 6.07) is 15.1. The van der Waals surface area contributed by atoms with Gasteiger partial charge in [0.25, 0.3) is 0 Å². The van der Waals surface area contributed by atoms with Crippen LogP contribution in [0.3, 0.4) is 0 Å². The predicted molar refractivity (Wildman–Crippen MR) is 152 cm³/mol. The third-order valence-electron chi connectivity index (χ3n) is 7.59. The zero-order valence-electron chi connectivity index (χ0n) is 23.8. The number of carbonyl (C=O) groups is 2. The van der Waals surface area contributed by atoms with Crippen LogP contribution in [0.15, 0.2) is 42.5 Å². The van der Waals surface area contributed by atoms with Gasteiger partial charge in [0.2, 0.25) is 5.91 Å². The molecule has 7 heteroatoms. The van der Waals surface area contributed by atoms with Crippen LogP contribution in [-0.4, -0.2) is 58.2 Å². The minimum Gasteiger partial charge on any atom is -0.444 e. The smallest absolute Gasteiger partial charge is 0.410 e. The van der Waals surface area contributed by atoms with E-state index in [1.165, 1.54) is 11.1 Å². The van der Waals surface area contributed by atoms with Crippen molar-refractivity contribution in [2.45, 2.75) is 78.6 Å². The summed E-state index contributed by atoms with van der Waals surface area (Å²) in [5.74, 6) is 0.111. The lowest BCUT2D eigenvalue weighted by atomic mass is 9.92. The molecule has 2 aliphatic rings. The molecule has 2 amide bonds. The number of hydrogen-bond acceptors (Lipinski definition) is 5. The summed E-state index contributed by atoms with van der Waals surface area (Å²) in [5.41, 5.74) is 7.06. The Morgan fingerprint density at radius 1 is 1.08 bits per heavy atom. The minimum absolute atomic E-state index is 0.0739. The summed E-state index contributed by atoms with van der Waals surface area (Å²) < 4.78 is 11.4. The van der Waals surface area contributed by atoms with E-state index in [0.29, 0.717) is 26.3 Å². The van der Waals surface area contributed by atoms with Crippen molar-refractivity contribution in [1.29, 1.82) is 0 Å². The SMILES string of the molecule is CC(=O)N1CCc2ccc(-c3cc(C)nc4ccc(CN(C(=O)OC(C)(C)C)C5CCOCC5)cc34)cc2C1. The van der Waals surface area contributed by atoms with Gasteiger partial charge in [-0.3, -0.25) is 9.78 Å². The van der Waals surface area contributed by atoms with Gasteiger partial charge in [-0.2, -0.15) is 0 Å². The van der Waals surface area contributed by atoms with Gasteiger partial charge in [0.05, 0.1) is 5.52 Å². The topological polar surface area (TPSA) is 72.0 Å². The second-order valence-corrected chi connectivity index (χ2v) is 11.8. The fraction of sp³-hybridized carbons (Fsp3) is 0.469. The largest absolute Gasteiger partial charge is 0.444 e. The second-order valence-electron chi connectivity index (χ2n) is 11.8. The molecule has 0 unspecified atom stereocenters. The van der Waals surface area contributed by atoms with Gasteiger partial charge in [0.1, 0.15) is 5.60 Å². The van der Waals surface area contributed by atoms with Gasteiger partial charge >= 0.3 is 6.09 Å². The van der Waals surface area contributed by atoms with Crippen LogP contribution in [0.1, 0.15) is 62.9 Å². The number of carbonyl (C=O) groups excluding carboxylic acids is 2. The molecule has 5 rings (SSSR count). The monoisotopic (exact) mass is 529 g/mol. The van der Waals surface area contributed by atoms with E-state index in [9.17, 15) is 9.59 Å². The maximum atomic E-state index is 13.3. The van der Waals surface area contributed by atoms with E-state index >= 15 is 0 Å². The van der Waals surface area contributed by atoms with Crippen LogP contribution in [0, 0.1) is 6.92 Å². The molecule has 0 aliphatic carbocycles.